The Morgan fingerprint density at radius 3 is 3.11 bits per heavy atom. The summed E-state index contributed by atoms with van der Waals surface area (Å²) in [4.78, 5) is 9.10. The topological polar surface area (TPSA) is 47.0 Å². The number of nitrogens with zero attached hydrogens (tertiary/aromatic N) is 2. The fourth-order valence-electron chi connectivity index (χ4n) is 2.56. The van der Waals surface area contributed by atoms with Crippen molar-refractivity contribution in [1.29, 1.82) is 0 Å². The van der Waals surface area contributed by atoms with Gasteiger partial charge >= 0.3 is 0 Å². The van der Waals surface area contributed by atoms with E-state index in [0.29, 0.717) is 0 Å². The van der Waals surface area contributed by atoms with Crippen LogP contribution in [0.3, 0.4) is 0 Å². The predicted molar refractivity (Wildman–Crippen MR) is 76.1 cm³/mol. The van der Waals surface area contributed by atoms with Gasteiger partial charge in [-0.3, -0.25) is 0 Å². The van der Waals surface area contributed by atoms with Crippen LogP contribution in [0, 0.1) is 5.92 Å². The van der Waals surface area contributed by atoms with Crippen molar-refractivity contribution in [2.75, 3.05) is 20.2 Å². The number of nitrogens with one attached hydrogen (secondary N) is 1. The second-order valence-corrected chi connectivity index (χ2v) is 5.39. The van der Waals surface area contributed by atoms with Crippen LogP contribution in [0.15, 0.2) is 6.20 Å². The molecule has 0 aromatic carbocycles. The fraction of sp³-hybridized carbons (Fsp3) is 0.733. The third kappa shape index (κ3) is 3.74. The fourth-order valence-corrected chi connectivity index (χ4v) is 2.56. The van der Waals surface area contributed by atoms with Gasteiger partial charge in [-0.05, 0) is 57.2 Å². The first-order chi connectivity index (χ1) is 9.24. The molecule has 1 heterocycles. The number of hydrogen-bond donors (Lipinski definition) is 1. The molecule has 2 atom stereocenters. The molecule has 0 spiro atoms. The highest BCUT2D eigenvalue weighted by Gasteiger charge is 2.21. The minimum atomic E-state index is -0.0192. The van der Waals surface area contributed by atoms with E-state index in [0.717, 1.165) is 37.7 Å². The standard InChI is InChI=1S/C15H25N3O/c1-4-7-16-9-12-5-6-14-13(8-12)10-17-15(18-14)11(2)19-3/h10-12,16H,4-9H2,1-3H3. The summed E-state index contributed by atoms with van der Waals surface area (Å²) in [5.41, 5.74) is 2.54. The zero-order valence-corrected chi connectivity index (χ0v) is 12.3. The van der Waals surface area contributed by atoms with E-state index in [1.807, 2.05) is 13.1 Å². The van der Waals surface area contributed by atoms with E-state index in [9.17, 15) is 0 Å². The van der Waals surface area contributed by atoms with Crippen molar-refractivity contribution >= 4 is 0 Å². The summed E-state index contributed by atoms with van der Waals surface area (Å²) in [7, 11) is 1.70. The Kier molecular flexibility index (Phi) is 5.28. The monoisotopic (exact) mass is 263 g/mol. The molecule has 2 rings (SSSR count). The molecule has 0 amide bonds. The van der Waals surface area contributed by atoms with Crippen LogP contribution >= 0.6 is 0 Å². The maximum atomic E-state index is 5.28. The van der Waals surface area contributed by atoms with E-state index in [2.05, 4.69) is 22.2 Å². The molecule has 1 aliphatic carbocycles. The van der Waals surface area contributed by atoms with E-state index in [-0.39, 0.29) is 6.10 Å². The Bertz CT molecular complexity index is 408. The zero-order valence-electron chi connectivity index (χ0n) is 12.3. The largest absolute Gasteiger partial charge is 0.374 e. The van der Waals surface area contributed by atoms with E-state index in [1.165, 1.54) is 24.1 Å². The Morgan fingerprint density at radius 2 is 2.37 bits per heavy atom. The summed E-state index contributed by atoms with van der Waals surface area (Å²) >= 11 is 0. The first-order valence-corrected chi connectivity index (χ1v) is 7.32. The zero-order chi connectivity index (χ0) is 13.7. The molecular formula is C15H25N3O. The Labute approximate surface area is 116 Å². The number of rotatable bonds is 6. The molecule has 0 aliphatic heterocycles. The lowest BCUT2D eigenvalue weighted by Gasteiger charge is -2.24. The summed E-state index contributed by atoms with van der Waals surface area (Å²) in [6, 6.07) is 0. The van der Waals surface area contributed by atoms with Crippen molar-refractivity contribution in [2.24, 2.45) is 5.92 Å². The highest BCUT2D eigenvalue weighted by Crippen LogP contribution is 2.24. The minimum Gasteiger partial charge on any atom is -0.374 e. The maximum Gasteiger partial charge on any atom is 0.157 e. The van der Waals surface area contributed by atoms with Crippen LogP contribution in [0.25, 0.3) is 0 Å². The second kappa shape index (κ2) is 6.96. The van der Waals surface area contributed by atoms with Crippen LogP contribution in [0.5, 0.6) is 0 Å². The summed E-state index contributed by atoms with van der Waals surface area (Å²) in [5.74, 6) is 1.54. The number of hydrogen-bond acceptors (Lipinski definition) is 4. The first-order valence-electron chi connectivity index (χ1n) is 7.32. The molecule has 1 aromatic heterocycles. The van der Waals surface area contributed by atoms with Gasteiger partial charge < -0.3 is 10.1 Å². The van der Waals surface area contributed by atoms with E-state index < -0.39 is 0 Å². The molecule has 0 bridgehead atoms. The van der Waals surface area contributed by atoms with Crippen molar-refractivity contribution in [3.8, 4) is 0 Å². The Hall–Kier alpha value is -1.00. The van der Waals surface area contributed by atoms with Gasteiger partial charge in [0.05, 0.1) is 0 Å². The number of methoxy groups -OCH3 is 1. The molecule has 0 saturated heterocycles. The molecule has 19 heavy (non-hydrogen) atoms. The van der Waals surface area contributed by atoms with Gasteiger partial charge in [-0.2, -0.15) is 0 Å². The van der Waals surface area contributed by atoms with Crippen molar-refractivity contribution in [3.05, 3.63) is 23.3 Å². The minimum absolute atomic E-state index is 0.0192. The molecule has 4 heteroatoms. The van der Waals surface area contributed by atoms with Gasteiger partial charge in [-0.25, -0.2) is 9.97 Å². The van der Waals surface area contributed by atoms with Crippen molar-refractivity contribution < 1.29 is 4.74 Å². The SMILES string of the molecule is CCCNCC1CCc2nc(C(C)OC)ncc2C1. The first kappa shape index (κ1) is 14.4. The van der Waals surface area contributed by atoms with Crippen LogP contribution in [-0.2, 0) is 17.6 Å². The number of ether oxygens (including phenoxy) is 1. The third-order valence-electron chi connectivity index (χ3n) is 3.85. The van der Waals surface area contributed by atoms with Crippen molar-refractivity contribution in [2.45, 2.75) is 45.6 Å². The molecular weight excluding hydrogens is 238 g/mol. The average molecular weight is 263 g/mol. The van der Waals surface area contributed by atoms with Gasteiger partial charge in [-0.1, -0.05) is 6.92 Å². The third-order valence-corrected chi connectivity index (χ3v) is 3.85. The van der Waals surface area contributed by atoms with Crippen LogP contribution in [0.1, 0.15) is 49.9 Å². The van der Waals surface area contributed by atoms with E-state index in [1.54, 1.807) is 7.11 Å². The van der Waals surface area contributed by atoms with E-state index in [4.69, 9.17) is 4.74 Å². The lowest BCUT2D eigenvalue weighted by molar-refractivity contribution is 0.111. The highest BCUT2D eigenvalue weighted by molar-refractivity contribution is 5.22. The molecule has 1 aliphatic rings. The number of aromatic nitrogens is 2. The molecule has 1 N–H and O–H groups in total. The summed E-state index contributed by atoms with van der Waals surface area (Å²) < 4.78 is 5.28. The maximum absolute atomic E-state index is 5.28. The molecule has 0 fully saturated rings. The van der Waals surface area contributed by atoms with Crippen LogP contribution < -0.4 is 5.32 Å². The predicted octanol–water partition coefficient (Wildman–Crippen LogP) is 2.29. The van der Waals surface area contributed by atoms with Crippen LogP contribution in [0.4, 0.5) is 0 Å². The lowest BCUT2D eigenvalue weighted by Crippen LogP contribution is -2.28. The van der Waals surface area contributed by atoms with Gasteiger partial charge in [0.15, 0.2) is 5.82 Å². The van der Waals surface area contributed by atoms with Crippen LogP contribution in [0.2, 0.25) is 0 Å². The van der Waals surface area contributed by atoms with Gasteiger partial charge in [-0.15, -0.1) is 0 Å². The quantitative estimate of drug-likeness (QED) is 0.800. The van der Waals surface area contributed by atoms with Gasteiger partial charge in [0, 0.05) is 19.0 Å². The summed E-state index contributed by atoms with van der Waals surface area (Å²) in [6.45, 7) is 6.42. The van der Waals surface area contributed by atoms with Gasteiger partial charge in [0.25, 0.3) is 0 Å². The van der Waals surface area contributed by atoms with Crippen molar-refractivity contribution in [1.82, 2.24) is 15.3 Å². The van der Waals surface area contributed by atoms with Crippen LogP contribution in [-0.4, -0.2) is 30.2 Å². The number of fused-ring (bicyclic) bond motifs is 1. The Balaban J connectivity index is 1.98. The normalized spacial score (nSPS) is 20.1. The summed E-state index contributed by atoms with van der Waals surface area (Å²) in [5, 5.41) is 3.51. The molecule has 106 valence electrons. The number of aryl methyl sites for hydroxylation is 1. The highest BCUT2D eigenvalue weighted by atomic mass is 16.5. The Morgan fingerprint density at radius 1 is 1.53 bits per heavy atom. The molecule has 0 saturated carbocycles. The second-order valence-electron chi connectivity index (χ2n) is 5.39. The lowest BCUT2D eigenvalue weighted by atomic mass is 9.87. The molecule has 1 aromatic rings. The molecule has 4 nitrogen and oxygen atoms in total. The van der Waals surface area contributed by atoms with Gasteiger partial charge in [0.2, 0.25) is 0 Å². The average Bonchev–Trinajstić information content (AvgIpc) is 2.46. The molecule has 2 unspecified atom stereocenters. The van der Waals surface area contributed by atoms with E-state index >= 15 is 0 Å². The van der Waals surface area contributed by atoms with Crippen molar-refractivity contribution in [3.63, 3.8) is 0 Å². The molecule has 0 radical (unpaired) electrons. The summed E-state index contributed by atoms with van der Waals surface area (Å²) in [6.07, 6.45) is 6.58. The van der Waals surface area contributed by atoms with Gasteiger partial charge in [0.1, 0.15) is 6.10 Å². The smallest absolute Gasteiger partial charge is 0.157 e.